The summed E-state index contributed by atoms with van der Waals surface area (Å²) in [7, 11) is 0. The van der Waals surface area contributed by atoms with E-state index in [1.165, 1.54) is 0 Å². The Morgan fingerprint density at radius 1 is 1.05 bits per heavy atom. The van der Waals surface area contributed by atoms with Crippen molar-refractivity contribution in [1.29, 1.82) is 0 Å². The molecule has 0 fully saturated rings. The number of hydrogen-bond donors (Lipinski definition) is 1. The van der Waals surface area contributed by atoms with Crippen molar-refractivity contribution in [2.45, 2.75) is 6.61 Å². The average molecular weight is 269 g/mol. The van der Waals surface area contributed by atoms with Gasteiger partial charge in [-0.05, 0) is 17.7 Å². The Kier molecular flexibility index (Phi) is 3.09. The molecule has 1 aromatic heterocycles. The molecule has 1 heterocycles. The summed E-state index contributed by atoms with van der Waals surface area (Å²) in [4.78, 5) is 24.7. The lowest BCUT2D eigenvalue weighted by Crippen LogP contribution is -2.25. The number of rotatable bonds is 3. The summed E-state index contributed by atoms with van der Waals surface area (Å²) in [5.41, 5.74) is 0.102. The van der Waals surface area contributed by atoms with Gasteiger partial charge in [-0.1, -0.05) is 30.3 Å². The standard InChI is InChI=1S/C15H11NO4/c17-14-15(18)20-13-8-11(6-7-12(13)16-14)19-9-10-4-2-1-3-5-10/h1-8H,9H2,(H,16,17). The van der Waals surface area contributed by atoms with Crippen molar-refractivity contribution >= 4 is 11.1 Å². The molecule has 0 aliphatic heterocycles. The summed E-state index contributed by atoms with van der Waals surface area (Å²) in [6, 6.07) is 14.6. The molecule has 0 radical (unpaired) electrons. The van der Waals surface area contributed by atoms with Gasteiger partial charge >= 0.3 is 11.2 Å². The van der Waals surface area contributed by atoms with Gasteiger partial charge < -0.3 is 14.1 Å². The molecule has 0 amide bonds. The predicted molar refractivity (Wildman–Crippen MR) is 73.9 cm³/mol. The lowest BCUT2D eigenvalue weighted by molar-refractivity contribution is 0.306. The molecule has 20 heavy (non-hydrogen) atoms. The minimum absolute atomic E-state index is 0.292. The smallest absolute Gasteiger partial charge is 0.402 e. The fourth-order valence-corrected chi connectivity index (χ4v) is 1.84. The van der Waals surface area contributed by atoms with Crippen LogP contribution < -0.4 is 15.9 Å². The second-order valence-electron chi connectivity index (χ2n) is 4.28. The molecule has 5 heteroatoms. The van der Waals surface area contributed by atoms with Crippen molar-refractivity contribution in [2.75, 3.05) is 0 Å². The molecule has 0 bridgehead atoms. The van der Waals surface area contributed by atoms with Crippen molar-refractivity contribution in [3.8, 4) is 5.75 Å². The molecule has 0 saturated carbocycles. The van der Waals surface area contributed by atoms with Gasteiger partial charge in [0.1, 0.15) is 12.4 Å². The molecular formula is C15H11NO4. The number of nitrogens with one attached hydrogen (secondary N) is 1. The molecule has 5 nitrogen and oxygen atoms in total. The summed E-state index contributed by atoms with van der Waals surface area (Å²) < 4.78 is 10.5. The van der Waals surface area contributed by atoms with Crippen molar-refractivity contribution in [2.24, 2.45) is 0 Å². The fourth-order valence-electron chi connectivity index (χ4n) is 1.84. The van der Waals surface area contributed by atoms with Crippen LogP contribution in [0.2, 0.25) is 0 Å². The molecule has 3 rings (SSSR count). The maximum atomic E-state index is 11.2. The minimum atomic E-state index is -0.919. The first-order valence-electron chi connectivity index (χ1n) is 6.06. The van der Waals surface area contributed by atoms with Crippen LogP contribution in [0, 0.1) is 0 Å². The summed E-state index contributed by atoms with van der Waals surface area (Å²) in [6.45, 7) is 0.417. The predicted octanol–water partition coefficient (Wildman–Crippen LogP) is 2.06. The number of H-pyrrole nitrogens is 1. The zero-order valence-electron chi connectivity index (χ0n) is 10.5. The van der Waals surface area contributed by atoms with Crippen LogP contribution in [0.3, 0.4) is 0 Å². The van der Waals surface area contributed by atoms with Crippen molar-refractivity contribution in [3.63, 3.8) is 0 Å². The zero-order chi connectivity index (χ0) is 13.9. The van der Waals surface area contributed by atoms with Crippen LogP contribution >= 0.6 is 0 Å². The molecule has 3 aromatic rings. The van der Waals surface area contributed by atoms with Gasteiger partial charge in [-0.2, -0.15) is 0 Å². The van der Waals surface area contributed by atoms with E-state index in [1.807, 2.05) is 30.3 Å². The van der Waals surface area contributed by atoms with Crippen molar-refractivity contribution in [1.82, 2.24) is 4.98 Å². The second kappa shape index (κ2) is 5.05. The molecule has 0 aliphatic carbocycles. The van der Waals surface area contributed by atoms with Gasteiger partial charge in [0.25, 0.3) is 0 Å². The maximum Gasteiger partial charge on any atom is 0.402 e. The molecule has 2 aromatic carbocycles. The van der Waals surface area contributed by atoms with Gasteiger partial charge in [-0.15, -0.1) is 0 Å². The van der Waals surface area contributed by atoms with Crippen LogP contribution in [0.5, 0.6) is 5.75 Å². The Morgan fingerprint density at radius 3 is 2.65 bits per heavy atom. The SMILES string of the molecule is O=c1[nH]c2ccc(OCc3ccccc3)cc2oc1=O. The van der Waals surface area contributed by atoms with E-state index in [9.17, 15) is 9.59 Å². The van der Waals surface area contributed by atoms with Crippen LogP contribution in [-0.2, 0) is 6.61 Å². The maximum absolute atomic E-state index is 11.2. The molecule has 0 unspecified atom stereocenters. The van der Waals surface area contributed by atoms with Gasteiger partial charge in [0.2, 0.25) is 0 Å². The summed E-state index contributed by atoms with van der Waals surface area (Å²) in [5.74, 6) is 0.566. The summed E-state index contributed by atoms with van der Waals surface area (Å²) >= 11 is 0. The Hall–Kier alpha value is -2.82. The zero-order valence-corrected chi connectivity index (χ0v) is 10.5. The third-order valence-corrected chi connectivity index (χ3v) is 2.84. The number of ether oxygens (including phenoxy) is 1. The molecule has 1 N–H and O–H groups in total. The fraction of sp³-hybridized carbons (Fsp3) is 0.0667. The van der Waals surface area contributed by atoms with E-state index in [2.05, 4.69) is 4.98 Å². The van der Waals surface area contributed by atoms with Gasteiger partial charge in [-0.3, -0.25) is 4.79 Å². The van der Waals surface area contributed by atoms with E-state index in [0.717, 1.165) is 5.56 Å². The summed E-state index contributed by atoms with van der Waals surface area (Å²) in [5, 5.41) is 0. The summed E-state index contributed by atoms with van der Waals surface area (Å²) in [6.07, 6.45) is 0. The number of benzene rings is 2. The van der Waals surface area contributed by atoms with Crippen LogP contribution in [0.15, 0.2) is 62.5 Å². The van der Waals surface area contributed by atoms with Gasteiger partial charge in [-0.25, -0.2) is 4.79 Å². The van der Waals surface area contributed by atoms with E-state index >= 15 is 0 Å². The molecule has 0 aliphatic rings. The van der Waals surface area contributed by atoms with E-state index in [-0.39, 0.29) is 0 Å². The Bertz CT molecular complexity index is 849. The lowest BCUT2D eigenvalue weighted by atomic mass is 10.2. The third kappa shape index (κ3) is 2.47. The van der Waals surface area contributed by atoms with Crippen LogP contribution in [-0.4, -0.2) is 4.98 Å². The quantitative estimate of drug-likeness (QED) is 0.739. The Morgan fingerprint density at radius 2 is 1.85 bits per heavy atom. The highest BCUT2D eigenvalue weighted by Gasteiger charge is 2.04. The highest BCUT2D eigenvalue weighted by atomic mass is 16.5. The first-order chi connectivity index (χ1) is 9.72. The first kappa shape index (κ1) is 12.2. The van der Waals surface area contributed by atoms with Crippen LogP contribution in [0.1, 0.15) is 5.56 Å². The second-order valence-corrected chi connectivity index (χ2v) is 4.28. The monoisotopic (exact) mass is 269 g/mol. The molecule has 0 saturated heterocycles. The Labute approximate surface area is 113 Å². The Balaban J connectivity index is 1.88. The first-order valence-corrected chi connectivity index (χ1v) is 6.06. The molecule has 0 atom stereocenters. The van der Waals surface area contributed by atoms with Gasteiger partial charge in [0, 0.05) is 6.07 Å². The van der Waals surface area contributed by atoms with Gasteiger partial charge in [0.05, 0.1) is 5.52 Å². The van der Waals surface area contributed by atoms with Gasteiger partial charge in [0.15, 0.2) is 5.58 Å². The number of aromatic nitrogens is 1. The van der Waals surface area contributed by atoms with Crippen molar-refractivity contribution in [3.05, 3.63) is 74.9 Å². The van der Waals surface area contributed by atoms with Crippen LogP contribution in [0.25, 0.3) is 11.1 Å². The average Bonchev–Trinajstić information content (AvgIpc) is 2.47. The normalized spacial score (nSPS) is 10.6. The minimum Gasteiger partial charge on any atom is -0.489 e. The van der Waals surface area contributed by atoms with E-state index in [0.29, 0.717) is 23.5 Å². The van der Waals surface area contributed by atoms with E-state index in [1.54, 1.807) is 18.2 Å². The van der Waals surface area contributed by atoms with E-state index in [4.69, 9.17) is 9.15 Å². The topological polar surface area (TPSA) is 72.3 Å². The molecular weight excluding hydrogens is 258 g/mol. The number of aromatic amines is 1. The molecule has 0 spiro atoms. The largest absolute Gasteiger partial charge is 0.489 e. The highest BCUT2D eigenvalue weighted by Crippen LogP contribution is 2.18. The number of fused-ring (bicyclic) bond motifs is 1. The number of hydrogen-bond acceptors (Lipinski definition) is 4. The third-order valence-electron chi connectivity index (χ3n) is 2.84. The van der Waals surface area contributed by atoms with Crippen LogP contribution in [0.4, 0.5) is 0 Å². The van der Waals surface area contributed by atoms with E-state index < -0.39 is 11.2 Å². The van der Waals surface area contributed by atoms with Crippen molar-refractivity contribution < 1.29 is 9.15 Å². The molecule has 100 valence electrons. The highest BCUT2D eigenvalue weighted by molar-refractivity contribution is 5.73. The lowest BCUT2D eigenvalue weighted by Gasteiger charge is -2.06.